The van der Waals surface area contributed by atoms with Crippen molar-refractivity contribution in [3.8, 4) is 5.82 Å². The van der Waals surface area contributed by atoms with Gasteiger partial charge in [0.2, 0.25) is 0 Å². The van der Waals surface area contributed by atoms with E-state index in [1.807, 2.05) is 19.9 Å². The molecule has 0 fully saturated rings. The lowest BCUT2D eigenvalue weighted by Crippen LogP contribution is -2.15. The van der Waals surface area contributed by atoms with Gasteiger partial charge in [-0.3, -0.25) is 4.72 Å². The van der Waals surface area contributed by atoms with Crippen molar-refractivity contribution < 1.29 is 12.8 Å². The van der Waals surface area contributed by atoms with E-state index >= 15 is 0 Å². The summed E-state index contributed by atoms with van der Waals surface area (Å²) in [7, 11) is -3.95. The Morgan fingerprint density at radius 2 is 1.92 bits per heavy atom. The molecule has 0 bridgehead atoms. The first-order valence-electron chi connectivity index (χ1n) is 6.99. The Bertz CT molecular complexity index is 1000. The maximum absolute atomic E-state index is 13.2. The topological polar surface area (TPSA) is 89.8 Å². The lowest BCUT2D eigenvalue weighted by molar-refractivity contribution is 0.595. The zero-order valence-corrected chi connectivity index (χ0v) is 13.7. The van der Waals surface area contributed by atoms with Crippen LogP contribution in [-0.4, -0.2) is 28.2 Å². The molecule has 2 aromatic heterocycles. The van der Waals surface area contributed by atoms with Gasteiger partial charge in [0.1, 0.15) is 18.0 Å². The first-order chi connectivity index (χ1) is 11.3. The molecule has 124 valence electrons. The van der Waals surface area contributed by atoms with E-state index in [-0.39, 0.29) is 10.7 Å². The highest BCUT2D eigenvalue weighted by molar-refractivity contribution is 7.92. The Morgan fingerprint density at radius 3 is 2.58 bits per heavy atom. The van der Waals surface area contributed by atoms with Crippen molar-refractivity contribution in [2.45, 2.75) is 18.7 Å². The molecule has 24 heavy (non-hydrogen) atoms. The Hall–Kier alpha value is -2.81. The summed E-state index contributed by atoms with van der Waals surface area (Å²) in [5.74, 6) is -0.145. The van der Waals surface area contributed by atoms with Crippen LogP contribution < -0.4 is 4.72 Å². The van der Waals surface area contributed by atoms with Crippen molar-refractivity contribution in [1.29, 1.82) is 0 Å². The molecule has 0 atom stereocenters. The molecule has 0 amide bonds. The second-order valence-corrected chi connectivity index (χ2v) is 6.85. The normalized spacial score (nSPS) is 11.5. The minimum absolute atomic E-state index is 0.0665. The standard InChI is InChI=1S/C15H14FN5O2S/c1-10-6-11(2)21(19-10)15-8-14(17-9-18-15)20-24(22,23)13-5-3-4-12(16)7-13/h3-9H,1-2H3,(H,17,18,20). The summed E-state index contributed by atoms with van der Waals surface area (Å²) >= 11 is 0. The van der Waals surface area contributed by atoms with E-state index < -0.39 is 15.8 Å². The SMILES string of the molecule is Cc1cc(C)n(-c2cc(NS(=O)(=O)c3cccc(F)c3)ncn2)n1. The quantitative estimate of drug-likeness (QED) is 0.781. The molecule has 3 rings (SSSR count). The van der Waals surface area contributed by atoms with Crippen LogP contribution in [0.25, 0.3) is 5.82 Å². The maximum Gasteiger partial charge on any atom is 0.263 e. The molecule has 0 aliphatic heterocycles. The summed E-state index contributed by atoms with van der Waals surface area (Å²) in [6, 6.07) is 8.06. The molecule has 0 saturated carbocycles. The second-order valence-electron chi connectivity index (χ2n) is 5.16. The molecule has 3 aromatic rings. The van der Waals surface area contributed by atoms with Crippen molar-refractivity contribution >= 4 is 15.8 Å². The molecule has 0 spiro atoms. The highest BCUT2D eigenvalue weighted by Gasteiger charge is 2.16. The Labute approximate surface area is 138 Å². The first-order valence-corrected chi connectivity index (χ1v) is 8.47. The van der Waals surface area contributed by atoms with Gasteiger partial charge < -0.3 is 0 Å². The number of aromatic nitrogens is 4. The van der Waals surface area contributed by atoms with Gasteiger partial charge in [-0.1, -0.05) is 6.07 Å². The van der Waals surface area contributed by atoms with Gasteiger partial charge in [0.25, 0.3) is 10.0 Å². The summed E-state index contributed by atoms with van der Waals surface area (Å²) in [6.07, 6.45) is 1.23. The van der Waals surface area contributed by atoms with Gasteiger partial charge >= 0.3 is 0 Å². The summed E-state index contributed by atoms with van der Waals surface area (Å²) in [5, 5.41) is 4.29. The highest BCUT2D eigenvalue weighted by atomic mass is 32.2. The number of halogens is 1. The van der Waals surface area contributed by atoms with E-state index in [4.69, 9.17) is 0 Å². The van der Waals surface area contributed by atoms with E-state index in [0.717, 1.165) is 17.5 Å². The highest BCUT2D eigenvalue weighted by Crippen LogP contribution is 2.17. The maximum atomic E-state index is 13.2. The fourth-order valence-electron chi connectivity index (χ4n) is 2.21. The molecular formula is C15H14FN5O2S. The summed E-state index contributed by atoms with van der Waals surface area (Å²) in [6.45, 7) is 3.71. The summed E-state index contributed by atoms with van der Waals surface area (Å²) in [5.41, 5.74) is 1.66. The minimum atomic E-state index is -3.95. The van der Waals surface area contributed by atoms with Crippen LogP contribution >= 0.6 is 0 Å². The number of aryl methyl sites for hydroxylation is 2. The molecule has 1 aromatic carbocycles. The van der Waals surface area contributed by atoms with Crippen LogP contribution in [0, 0.1) is 19.7 Å². The zero-order chi connectivity index (χ0) is 17.3. The third kappa shape index (κ3) is 3.25. The average Bonchev–Trinajstić information content (AvgIpc) is 2.86. The smallest absolute Gasteiger partial charge is 0.263 e. The molecule has 0 saturated heterocycles. The van der Waals surface area contributed by atoms with Crippen LogP contribution in [0.1, 0.15) is 11.4 Å². The molecular weight excluding hydrogens is 333 g/mol. The van der Waals surface area contributed by atoms with Crippen molar-refractivity contribution in [1.82, 2.24) is 19.7 Å². The van der Waals surface area contributed by atoms with Crippen LogP contribution in [0.3, 0.4) is 0 Å². The van der Waals surface area contributed by atoms with Crippen LogP contribution in [0.5, 0.6) is 0 Å². The predicted molar refractivity (Wildman–Crippen MR) is 85.8 cm³/mol. The van der Waals surface area contributed by atoms with Crippen LogP contribution in [-0.2, 0) is 10.0 Å². The van der Waals surface area contributed by atoms with Crippen molar-refractivity contribution in [3.05, 3.63) is 59.9 Å². The summed E-state index contributed by atoms with van der Waals surface area (Å²) < 4.78 is 41.8. The molecule has 0 aliphatic carbocycles. The zero-order valence-electron chi connectivity index (χ0n) is 12.9. The molecule has 7 nitrogen and oxygen atoms in total. The molecule has 0 radical (unpaired) electrons. The van der Waals surface area contributed by atoms with Crippen LogP contribution in [0.4, 0.5) is 10.2 Å². The van der Waals surface area contributed by atoms with Gasteiger partial charge in [0.05, 0.1) is 10.6 Å². The van der Waals surface area contributed by atoms with E-state index in [0.29, 0.717) is 5.82 Å². The van der Waals surface area contributed by atoms with Gasteiger partial charge in [0.15, 0.2) is 5.82 Å². The van der Waals surface area contributed by atoms with Gasteiger partial charge in [0, 0.05) is 11.8 Å². The monoisotopic (exact) mass is 347 g/mol. The van der Waals surface area contributed by atoms with Crippen molar-refractivity contribution in [2.75, 3.05) is 4.72 Å². The van der Waals surface area contributed by atoms with Gasteiger partial charge in [-0.15, -0.1) is 0 Å². The van der Waals surface area contributed by atoms with E-state index in [1.54, 1.807) is 4.68 Å². The lowest BCUT2D eigenvalue weighted by atomic mass is 10.4. The number of hydrogen-bond acceptors (Lipinski definition) is 5. The number of benzene rings is 1. The fraction of sp³-hybridized carbons (Fsp3) is 0.133. The molecule has 9 heteroatoms. The van der Waals surface area contributed by atoms with Gasteiger partial charge in [-0.05, 0) is 38.1 Å². The Kier molecular flexibility index (Phi) is 4.02. The Morgan fingerprint density at radius 1 is 1.12 bits per heavy atom. The third-order valence-corrected chi connectivity index (χ3v) is 4.58. The first kappa shape index (κ1) is 16.1. The largest absolute Gasteiger partial charge is 0.263 e. The molecule has 0 unspecified atom stereocenters. The van der Waals surface area contributed by atoms with Crippen LogP contribution in [0.15, 0.2) is 47.6 Å². The van der Waals surface area contributed by atoms with Gasteiger partial charge in [-0.25, -0.2) is 27.5 Å². The Balaban J connectivity index is 1.94. The summed E-state index contributed by atoms with van der Waals surface area (Å²) in [4.78, 5) is 7.81. The predicted octanol–water partition coefficient (Wildman–Crippen LogP) is 2.22. The molecule has 1 N–H and O–H groups in total. The number of nitrogens with zero attached hydrogens (tertiary/aromatic N) is 4. The molecule has 0 aliphatic rings. The lowest BCUT2D eigenvalue weighted by Gasteiger charge is -2.09. The van der Waals surface area contributed by atoms with Crippen molar-refractivity contribution in [2.24, 2.45) is 0 Å². The van der Waals surface area contributed by atoms with Crippen molar-refractivity contribution in [3.63, 3.8) is 0 Å². The number of rotatable bonds is 4. The fourth-order valence-corrected chi connectivity index (χ4v) is 3.24. The van der Waals surface area contributed by atoms with Crippen LogP contribution in [0.2, 0.25) is 0 Å². The van der Waals surface area contributed by atoms with Gasteiger partial charge in [-0.2, -0.15) is 5.10 Å². The van der Waals surface area contributed by atoms with E-state index in [9.17, 15) is 12.8 Å². The number of sulfonamides is 1. The number of hydrogen-bond donors (Lipinski definition) is 1. The van der Waals surface area contributed by atoms with E-state index in [2.05, 4.69) is 19.8 Å². The van der Waals surface area contributed by atoms with E-state index in [1.165, 1.54) is 30.6 Å². The third-order valence-electron chi connectivity index (χ3n) is 3.22. The second kappa shape index (κ2) is 6.00. The molecule has 2 heterocycles. The number of nitrogens with one attached hydrogen (secondary N) is 1. The minimum Gasteiger partial charge on any atom is -0.263 e. The average molecular weight is 347 g/mol. The number of anilines is 1.